The smallest absolute Gasteiger partial charge is 0.138 e. The molecule has 3 rings (SSSR count). The molecule has 0 spiro atoms. The highest BCUT2D eigenvalue weighted by atomic mass is 31.0. The minimum atomic E-state index is 0.884. The van der Waals surface area contributed by atoms with Gasteiger partial charge in [-0.1, -0.05) is 92.7 Å². The Labute approximate surface area is 135 Å². The topological polar surface area (TPSA) is 9.23 Å². The third-order valence-corrected chi connectivity index (χ3v) is 3.54. The molecule has 112 valence electrons. The summed E-state index contributed by atoms with van der Waals surface area (Å²) in [7, 11) is 2.36. The second kappa shape index (κ2) is 8.36. The van der Waals surface area contributed by atoms with E-state index >= 15 is 0 Å². The molecule has 0 aliphatic carbocycles. The molecule has 0 aliphatic heterocycles. The van der Waals surface area contributed by atoms with Gasteiger partial charge in [0.05, 0.1) is 9.47 Å². The number of rotatable bonds is 3. The lowest BCUT2D eigenvalue weighted by Gasteiger charge is -2.13. The number of benzene rings is 3. The molecule has 1 atom stereocenters. The van der Waals surface area contributed by atoms with Gasteiger partial charge < -0.3 is 4.52 Å². The Morgan fingerprint density at radius 1 is 0.591 bits per heavy atom. The molecular weight excluding hydrogens is 287 g/mol. The van der Waals surface area contributed by atoms with Gasteiger partial charge in [-0.15, -0.1) is 0 Å². The molecule has 0 saturated heterocycles. The summed E-state index contributed by atoms with van der Waals surface area (Å²) >= 11 is 0. The lowest BCUT2D eigenvalue weighted by molar-refractivity contribution is 0.651. The van der Waals surface area contributed by atoms with Crippen molar-refractivity contribution in [2.24, 2.45) is 0 Å². The van der Waals surface area contributed by atoms with Gasteiger partial charge in [0.25, 0.3) is 0 Å². The zero-order valence-corrected chi connectivity index (χ0v) is 14.1. The molecule has 0 amide bonds. The second-order valence-electron chi connectivity index (χ2n) is 4.53. The lowest BCUT2D eigenvalue weighted by atomic mass is 9.97. The van der Waals surface area contributed by atoms with Crippen molar-refractivity contribution >= 4 is 9.47 Å². The normalized spacial score (nSPS) is 9.59. The Hall–Kier alpha value is -2.11. The highest BCUT2D eigenvalue weighted by Gasteiger charge is 2.11. The first kappa shape index (κ1) is 16.3. The average molecular weight is 308 g/mol. The lowest BCUT2D eigenvalue weighted by Crippen LogP contribution is -1.87. The van der Waals surface area contributed by atoms with Gasteiger partial charge in [0.2, 0.25) is 0 Å². The Kier molecular flexibility index (Phi) is 6.18. The van der Waals surface area contributed by atoms with Crippen molar-refractivity contribution in [3.8, 4) is 28.0 Å². The van der Waals surface area contributed by atoms with Gasteiger partial charge in [-0.3, -0.25) is 0 Å². The van der Waals surface area contributed by atoms with Crippen LogP contribution in [-0.2, 0) is 0 Å². The summed E-state index contributed by atoms with van der Waals surface area (Å²) in [5.41, 5.74) is 4.51. The minimum absolute atomic E-state index is 0.884. The Morgan fingerprint density at radius 2 is 1.00 bits per heavy atom. The Bertz CT molecular complexity index is 636. The van der Waals surface area contributed by atoms with E-state index in [1.807, 2.05) is 50.2 Å². The van der Waals surface area contributed by atoms with Gasteiger partial charge >= 0.3 is 0 Å². The van der Waals surface area contributed by atoms with Crippen LogP contribution in [0.5, 0.6) is 5.75 Å². The van der Waals surface area contributed by atoms with E-state index in [0.29, 0.717) is 0 Å². The second-order valence-corrected chi connectivity index (χ2v) is 4.77. The molecule has 0 radical (unpaired) electrons. The summed E-state index contributed by atoms with van der Waals surface area (Å²) in [6.45, 7) is 4.00. The maximum atomic E-state index is 5.60. The fourth-order valence-electron chi connectivity index (χ4n) is 2.35. The van der Waals surface area contributed by atoms with E-state index in [1.165, 1.54) is 0 Å². The van der Waals surface area contributed by atoms with Gasteiger partial charge in [-0.25, -0.2) is 0 Å². The van der Waals surface area contributed by atoms with Crippen molar-refractivity contribution in [2.45, 2.75) is 13.8 Å². The number of para-hydroxylation sites is 1. The molecule has 0 fully saturated rings. The van der Waals surface area contributed by atoms with E-state index in [-0.39, 0.29) is 0 Å². The predicted octanol–water partition coefficient (Wildman–Crippen LogP) is 6.22. The third kappa shape index (κ3) is 3.55. The zero-order valence-electron chi connectivity index (χ0n) is 13.0. The molecule has 3 aromatic rings. The van der Waals surface area contributed by atoms with Crippen molar-refractivity contribution in [2.75, 3.05) is 0 Å². The summed E-state index contributed by atoms with van der Waals surface area (Å²) in [5, 5.41) is 0. The fraction of sp³-hybridized carbons (Fsp3) is 0.100. The largest absolute Gasteiger partial charge is 0.479 e. The zero-order chi connectivity index (χ0) is 15.8. The molecule has 1 unspecified atom stereocenters. The molecule has 22 heavy (non-hydrogen) atoms. The van der Waals surface area contributed by atoms with E-state index in [1.54, 1.807) is 0 Å². The van der Waals surface area contributed by atoms with E-state index in [2.05, 4.69) is 51.9 Å². The molecule has 0 aliphatic rings. The minimum Gasteiger partial charge on any atom is -0.479 e. The average Bonchev–Trinajstić information content (AvgIpc) is 2.64. The van der Waals surface area contributed by atoms with Crippen molar-refractivity contribution in [1.82, 2.24) is 0 Å². The van der Waals surface area contributed by atoms with Gasteiger partial charge in [0.15, 0.2) is 0 Å². The predicted molar refractivity (Wildman–Crippen MR) is 99.0 cm³/mol. The van der Waals surface area contributed by atoms with Crippen LogP contribution in [0.25, 0.3) is 22.3 Å². The fourth-order valence-corrected chi connectivity index (χ4v) is 2.61. The maximum absolute atomic E-state index is 5.60. The van der Waals surface area contributed by atoms with Crippen LogP contribution in [0, 0.1) is 0 Å². The van der Waals surface area contributed by atoms with Crippen LogP contribution in [-0.4, -0.2) is 0 Å². The van der Waals surface area contributed by atoms with E-state index < -0.39 is 0 Å². The number of hydrogen-bond donors (Lipinski definition) is 0. The van der Waals surface area contributed by atoms with Gasteiger partial charge in [-0.2, -0.15) is 0 Å². The molecule has 0 aromatic heterocycles. The van der Waals surface area contributed by atoms with Crippen molar-refractivity contribution in [3.63, 3.8) is 0 Å². The molecule has 3 aromatic carbocycles. The van der Waals surface area contributed by atoms with Gasteiger partial charge in [0.1, 0.15) is 5.75 Å². The van der Waals surface area contributed by atoms with Crippen molar-refractivity contribution in [3.05, 3.63) is 78.9 Å². The van der Waals surface area contributed by atoms with E-state index in [4.69, 9.17) is 4.52 Å². The third-order valence-electron chi connectivity index (χ3n) is 3.30. The van der Waals surface area contributed by atoms with Crippen LogP contribution in [0.2, 0.25) is 0 Å². The monoisotopic (exact) mass is 308 g/mol. The molecule has 0 N–H and O–H groups in total. The van der Waals surface area contributed by atoms with Crippen LogP contribution in [0.1, 0.15) is 13.8 Å². The molecule has 0 bridgehead atoms. The summed E-state index contributed by atoms with van der Waals surface area (Å²) in [6.07, 6.45) is 0. The summed E-state index contributed by atoms with van der Waals surface area (Å²) in [5.74, 6) is 0.884. The maximum Gasteiger partial charge on any atom is 0.138 e. The van der Waals surface area contributed by atoms with Gasteiger partial charge in [0, 0.05) is 11.1 Å². The van der Waals surface area contributed by atoms with Crippen molar-refractivity contribution < 1.29 is 4.52 Å². The van der Waals surface area contributed by atoms with Crippen molar-refractivity contribution in [1.29, 1.82) is 0 Å². The first-order valence-corrected chi connectivity index (χ1v) is 7.98. The first-order valence-electron chi connectivity index (χ1n) is 7.51. The van der Waals surface area contributed by atoms with Gasteiger partial charge in [-0.05, 0) is 11.1 Å². The van der Waals surface area contributed by atoms with Crippen LogP contribution in [0.3, 0.4) is 0 Å². The highest BCUT2D eigenvalue weighted by molar-refractivity contribution is 7.10. The quantitative estimate of drug-likeness (QED) is 0.522. The van der Waals surface area contributed by atoms with Crippen LogP contribution < -0.4 is 4.52 Å². The van der Waals surface area contributed by atoms with E-state index in [9.17, 15) is 0 Å². The molecule has 1 nitrogen and oxygen atoms in total. The Balaban J connectivity index is 0.000000847. The molecular formula is C20H21OP. The standard InChI is InChI=1S/C18H15OP.C2H6/c20-19-18-16(14-8-3-1-4-9-14)12-7-13-17(18)15-10-5-2-6-11-15;1-2/h1-13H,20H2;1-2H3. The molecule has 2 heteroatoms. The van der Waals surface area contributed by atoms with Crippen LogP contribution >= 0.6 is 9.47 Å². The summed E-state index contributed by atoms with van der Waals surface area (Å²) < 4.78 is 5.60. The van der Waals surface area contributed by atoms with Crippen LogP contribution in [0.15, 0.2) is 78.9 Å². The van der Waals surface area contributed by atoms with Crippen LogP contribution in [0.4, 0.5) is 0 Å². The SMILES string of the molecule is CC.POc1c(-c2ccccc2)cccc1-c1ccccc1. The first-order chi connectivity index (χ1) is 10.9. The summed E-state index contributed by atoms with van der Waals surface area (Å²) in [4.78, 5) is 0. The summed E-state index contributed by atoms with van der Waals surface area (Å²) in [6, 6.07) is 26.8. The number of hydrogen-bond acceptors (Lipinski definition) is 1. The highest BCUT2D eigenvalue weighted by Crippen LogP contribution is 2.39. The molecule has 0 heterocycles. The van der Waals surface area contributed by atoms with E-state index in [0.717, 1.165) is 28.0 Å². The Morgan fingerprint density at radius 3 is 1.36 bits per heavy atom. The molecule has 0 saturated carbocycles.